The highest BCUT2D eigenvalue weighted by Gasteiger charge is 2.07. The third-order valence-corrected chi connectivity index (χ3v) is 3.20. The zero-order valence-corrected chi connectivity index (χ0v) is 13.5. The van der Waals surface area contributed by atoms with Crippen LogP contribution in [0.5, 0.6) is 0 Å². The van der Waals surface area contributed by atoms with E-state index in [0.29, 0.717) is 15.8 Å². The third-order valence-electron chi connectivity index (χ3n) is 2.34. The molecule has 114 valence electrons. The lowest BCUT2D eigenvalue weighted by Crippen LogP contribution is -1.92. The van der Waals surface area contributed by atoms with Gasteiger partial charge in [0.25, 0.3) is 0 Å². The van der Waals surface area contributed by atoms with Gasteiger partial charge in [-0.1, -0.05) is 0 Å². The fraction of sp³-hybridized carbons (Fsp3) is 0. The molecular weight excluding hydrogens is 374 g/mol. The second-order valence-corrected chi connectivity index (χ2v) is 4.58. The highest BCUT2D eigenvalue weighted by atomic mass is 79.9. The molecule has 0 amide bonds. The van der Waals surface area contributed by atoms with Crippen molar-refractivity contribution in [3.05, 3.63) is 57.6 Å². The molecule has 2 aromatic rings. The summed E-state index contributed by atoms with van der Waals surface area (Å²) in [5, 5.41) is 16.7. The van der Waals surface area contributed by atoms with Crippen LogP contribution in [0.25, 0.3) is 0 Å². The Morgan fingerprint density at radius 1 is 0.955 bits per heavy atom. The molecule has 0 unspecified atom stereocenters. The van der Waals surface area contributed by atoms with E-state index >= 15 is 0 Å². The van der Waals surface area contributed by atoms with Crippen LogP contribution in [0.1, 0.15) is 11.1 Å². The van der Waals surface area contributed by atoms with Gasteiger partial charge in [0.2, 0.25) is 0 Å². The first-order valence-electron chi connectivity index (χ1n) is 5.49. The number of halogens is 3. The molecule has 0 spiro atoms. The maximum absolute atomic E-state index is 12.7. The monoisotopic (exact) mass is 383 g/mol. The van der Waals surface area contributed by atoms with Gasteiger partial charge in [0.1, 0.15) is 29.3 Å². The number of thiol groups is 1. The molecule has 0 atom stereocenters. The number of nitriles is 2. The Labute approximate surface area is 141 Å². The Balaban J connectivity index is 0.000000385. The van der Waals surface area contributed by atoms with Gasteiger partial charge in [-0.15, -0.1) is 0 Å². The van der Waals surface area contributed by atoms with Crippen molar-refractivity contribution in [3.8, 4) is 12.1 Å². The fourth-order valence-electron chi connectivity index (χ4n) is 1.30. The van der Waals surface area contributed by atoms with Crippen LogP contribution in [-0.4, -0.2) is 0 Å². The van der Waals surface area contributed by atoms with Crippen molar-refractivity contribution in [2.45, 2.75) is 0 Å². The zero-order chi connectivity index (χ0) is 16.0. The van der Waals surface area contributed by atoms with Crippen molar-refractivity contribution in [1.82, 2.24) is 0 Å². The Bertz CT molecular complexity index is 754. The van der Waals surface area contributed by atoms with E-state index in [0.717, 1.165) is 0 Å². The summed E-state index contributed by atoms with van der Waals surface area (Å²) in [5.74, 6) is -1.09. The van der Waals surface area contributed by atoms with Gasteiger partial charge in [0.15, 0.2) is 0 Å². The third kappa shape index (κ3) is 4.92. The SMILES string of the molecule is N#Cc1c(F)ccc(N)c1Br.N#Cc1cc(N)ccc1F.[SH-]. The van der Waals surface area contributed by atoms with Crippen molar-refractivity contribution >= 4 is 40.8 Å². The first kappa shape index (κ1) is 19.7. The van der Waals surface area contributed by atoms with E-state index in [9.17, 15) is 8.78 Å². The quantitative estimate of drug-likeness (QED) is 0.413. The molecule has 0 saturated carbocycles. The predicted molar refractivity (Wildman–Crippen MR) is 87.5 cm³/mol. The van der Waals surface area contributed by atoms with Gasteiger partial charge in [-0.25, -0.2) is 8.78 Å². The topological polar surface area (TPSA) is 99.6 Å². The molecule has 0 aliphatic carbocycles. The molecular formula is C14H10BrF2N4S-. The summed E-state index contributed by atoms with van der Waals surface area (Å²) >= 11 is 3.00. The Kier molecular flexibility index (Phi) is 7.95. The van der Waals surface area contributed by atoms with Crippen LogP contribution in [0.15, 0.2) is 34.8 Å². The first-order chi connectivity index (χ1) is 9.90. The molecule has 0 bridgehead atoms. The van der Waals surface area contributed by atoms with Crippen LogP contribution < -0.4 is 11.5 Å². The standard InChI is InChI=1S/C7H4BrFN2.C7H5FN2.H2S/c8-7-4(3-10)5(9)1-2-6(7)11;8-7-2-1-6(10)3-5(7)4-9;/h1-2H,11H2;1-3H,10H2;1H2/p-1. The minimum Gasteiger partial charge on any atom is -0.813 e. The number of nitrogens with two attached hydrogens (primary N) is 2. The molecule has 0 fully saturated rings. The van der Waals surface area contributed by atoms with Gasteiger partial charge < -0.3 is 25.0 Å². The Morgan fingerprint density at radius 2 is 1.55 bits per heavy atom. The first-order valence-corrected chi connectivity index (χ1v) is 6.28. The fourth-order valence-corrected chi connectivity index (χ4v) is 1.71. The van der Waals surface area contributed by atoms with E-state index in [1.54, 1.807) is 12.1 Å². The average molecular weight is 384 g/mol. The van der Waals surface area contributed by atoms with Crippen LogP contribution in [0.4, 0.5) is 20.2 Å². The largest absolute Gasteiger partial charge is 0.813 e. The molecule has 2 aromatic carbocycles. The average Bonchev–Trinajstić information content (AvgIpc) is 2.47. The highest BCUT2D eigenvalue weighted by molar-refractivity contribution is 9.10. The summed E-state index contributed by atoms with van der Waals surface area (Å²) < 4.78 is 25.5. The molecule has 2 rings (SSSR count). The molecule has 22 heavy (non-hydrogen) atoms. The lowest BCUT2D eigenvalue weighted by Gasteiger charge is -1.99. The molecule has 0 saturated heterocycles. The van der Waals surface area contributed by atoms with E-state index in [1.807, 2.05) is 0 Å². The number of nitrogen functional groups attached to an aromatic ring is 2. The van der Waals surface area contributed by atoms with Gasteiger partial charge in [-0.3, -0.25) is 0 Å². The van der Waals surface area contributed by atoms with E-state index in [2.05, 4.69) is 15.9 Å². The normalized spacial score (nSPS) is 8.59. The molecule has 0 aliphatic rings. The van der Waals surface area contributed by atoms with Gasteiger partial charge in [-0.05, 0) is 46.3 Å². The molecule has 0 radical (unpaired) electrons. The van der Waals surface area contributed by atoms with Crippen molar-refractivity contribution in [3.63, 3.8) is 0 Å². The van der Waals surface area contributed by atoms with Crippen molar-refractivity contribution in [2.75, 3.05) is 11.5 Å². The summed E-state index contributed by atoms with van der Waals surface area (Å²) in [6, 6.07) is 9.84. The lowest BCUT2D eigenvalue weighted by atomic mass is 10.2. The summed E-state index contributed by atoms with van der Waals surface area (Å²) in [7, 11) is 0. The number of anilines is 2. The number of benzene rings is 2. The van der Waals surface area contributed by atoms with Crippen LogP contribution in [0.2, 0.25) is 0 Å². The van der Waals surface area contributed by atoms with E-state index in [4.69, 9.17) is 22.0 Å². The summed E-state index contributed by atoms with van der Waals surface area (Å²) in [4.78, 5) is 0. The maximum atomic E-state index is 12.7. The van der Waals surface area contributed by atoms with Gasteiger partial charge in [0.05, 0.1) is 10.0 Å². The predicted octanol–water partition coefficient (Wildman–Crippen LogP) is 3.05. The Morgan fingerprint density at radius 3 is 2.00 bits per heavy atom. The maximum Gasteiger partial charge on any atom is 0.142 e. The number of hydrogen-bond donors (Lipinski definition) is 2. The minimum absolute atomic E-state index is 0. The molecule has 4 nitrogen and oxygen atoms in total. The van der Waals surface area contributed by atoms with Gasteiger partial charge >= 0.3 is 0 Å². The Hall–Kier alpha value is -2.29. The molecule has 8 heteroatoms. The summed E-state index contributed by atoms with van der Waals surface area (Å²) in [6.45, 7) is 0. The van der Waals surface area contributed by atoms with Crippen LogP contribution >= 0.6 is 15.9 Å². The molecule has 0 aliphatic heterocycles. The second-order valence-electron chi connectivity index (χ2n) is 3.79. The number of nitrogens with zero attached hydrogens (tertiary/aromatic N) is 2. The number of rotatable bonds is 0. The highest BCUT2D eigenvalue weighted by Crippen LogP contribution is 2.25. The van der Waals surface area contributed by atoms with E-state index in [1.165, 1.54) is 30.3 Å². The lowest BCUT2D eigenvalue weighted by molar-refractivity contribution is 0.623. The van der Waals surface area contributed by atoms with Crippen LogP contribution in [0, 0.1) is 34.3 Å². The van der Waals surface area contributed by atoms with Crippen molar-refractivity contribution in [1.29, 1.82) is 10.5 Å². The number of hydrogen-bond acceptors (Lipinski definition) is 5. The van der Waals surface area contributed by atoms with Gasteiger partial charge in [0, 0.05) is 11.4 Å². The summed E-state index contributed by atoms with van der Waals surface area (Å²) in [6.07, 6.45) is 0. The second kappa shape index (κ2) is 8.88. The molecule has 0 aromatic heterocycles. The smallest absolute Gasteiger partial charge is 0.142 e. The van der Waals surface area contributed by atoms with Crippen LogP contribution in [0.3, 0.4) is 0 Å². The van der Waals surface area contributed by atoms with Crippen molar-refractivity contribution < 1.29 is 8.78 Å². The van der Waals surface area contributed by atoms with Crippen molar-refractivity contribution in [2.24, 2.45) is 0 Å². The van der Waals surface area contributed by atoms with Crippen LogP contribution in [-0.2, 0) is 13.5 Å². The van der Waals surface area contributed by atoms with E-state index in [-0.39, 0.29) is 24.6 Å². The van der Waals surface area contributed by atoms with Gasteiger partial charge in [-0.2, -0.15) is 10.5 Å². The molecule has 4 N–H and O–H groups in total. The minimum atomic E-state index is -0.562. The zero-order valence-electron chi connectivity index (χ0n) is 11.0. The molecule has 0 heterocycles. The van der Waals surface area contributed by atoms with E-state index < -0.39 is 11.6 Å². The summed E-state index contributed by atoms with van der Waals surface area (Å²) in [5.41, 5.74) is 11.4.